The van der Waals surface area contributed by atoms with Crippen LogP contribution in [-0.2, 0) is 9.53 Å². The van der Waals surface area contributed by atoms with Gasteiger partial charge in [0, 0.05) is 6.42 Å². The van der Waals surface area contributed by atoms with E-state index in [0.29, 0.717) is 13.3 Å². The number of ether oxygens (including phenoxy) is 1. The first-order valence-corrected chi connectivity index (χ1v) is 5.07. The van der Waals surface area contributed by atoms with Crippen molar-refractivity contribution in [1.29, 1.82) is 0 Å². The Morgan fingerprint density at radius 3 is 2.31 bits per heavy atom. The molecule has 1 N–H and O–H groups in total. The molecule has 0 heterocycles. The molecule has 0 fully saturated rings. The van der Waals surface area contributed by atoms with E-state index in [0.717, 1.165) is 0 Å². The third-order valence-corrected chi connectivity index (χ3v) is 2.46. The van der Waals surface area contributed by atoms with Gasteiger partial charge in [-0.05, 0) is 13.3 Å². The summed E-state index contributed by atoms with van der Waals surface area (Å²) in [5.74, 6) is -0.878. The van der Waals surface area contributed by atoms with Crippen molar-refractivity contribution in [2.75, 3.05) is 6.61 Å². The maximum Gasteiger partial charge on any atom is 0.417 e. The lowest BCUT2D eigenvalue weighted by atomic mass is 10.0. The molecule has 0 aromatic carbocycles. The Morgan fingerprint density at radius 2 is 1.94 bits per heavy atom. The van der Waals surface area contributed by atoms with E-state index in [1.165, 1.54) is 0 Å². The number of carbonyl (C=O) groups is 1. The van der Waals surface area contributed by atoms with Gasteiger partial charge in [-0.25, -0.2) is 0 Å². The highest BCUT2D eigenvalue weighted by Crippen LogP contribution is 2.32. The van der Waals surface area contributed by atoms with Gasteiger partial charge in [-0.2, -0.15) is 13.2 Å². The minimum Gasteiger partial charge on any atom is -0.465 e. The molecule has 3 nitrogen and oxygen atoms in total. The van der Waals surface area contributed by atoms with Gasteiger partial charge in [-0.3, -0.25) is 4.79 Å². The van der Waals surface area contributed by atoms with Crippen LogP contribution >= 0.6 is 0 Å². The highest BCUT2D eigenvalue weighted by Gasteiger charge is 2.49. The predicted molar refractivity (Wildman–Crippen MR) is 51.7 cm³/mol. The molecule has 0 aromatic heterocycles. The van der Waals surface area contributed by atoms with Crippen molar-refractivity contribution < 1.29 is 27.8 Å². The summed E-state index contributed by atoms with van der Waals surface area (Å²) in [6.45, 7) is 3.63. The number of rotatable bonds is 5. The topological polar surface area (TPSA) is 46.5 Å². The Balaban J connectivity index is 4.04. The smallest absolute Gasteiger partial charge is 0.417 e. The first-order chi connectivity index (χ1) is 7.12. The van der Waals surface area contributed by atoms with Crippen LogP contribution in [-0.4, -0.2) is 29.5 Å². The number of hydrogen-bond acceptors (Lipinski definition) is 3. The predicted octanol–water partition coefficient (Wildman–Crippen LogP) is 2.28. The molecule has 96 valence electrons. The fourth-order valence-corrected chi connectivity index (χ4v) is 0.801. The molecule has 0 amide bonds. The first kappa shape index (κ1) is 15.2. The Hall–Kier alpha value is -0.780. The first-order valence-electron chi connectivity index (χ1n) is 5.07. The number of carbonyl (C=O) groups excluding carboxylic acids is 1. The largest absolute Gasteiger partial charge is 0.465 e. The van der Waals surface area contributed by atoms with Crippen molar-refractivity contribution in [2.24, 2.45) is 5.92 Å². The fraction of sp³-hybridized carbons (Fsp3) is 0.900. The molecule has 0 aromatic rings. The molecule has 0 aliphatic rings. The quantitative estimate of drug-likeness (QED) is 0.752. The van der Waals surface area contributed by atoms with Gasteiger partial charge < -0.3 is 9.84 Å². The second kappa shape index (κ2) is 5.52. The highest BCUT2D eigenvalue weighted by molar-refractivity contribution is 5.71. The third kappa shape index (κ3) is 4.38. The molecule has 0 bridgehead atoms. The van der Waals surface area contributed by atoms with Crippen molar-refractivity contribution in [1.82, 2.24) is 0 Å². The fourth-order valence-electron chi connectivity index (χ4n) is 0.801. The van der Waals surface area contributed by atoms with Gasteiger partial charge in [0.05, 0.1) is 12.5 Å². The van der Waals surface area contributed by atoms with Gasteiger partial charge in [0.2, 0.25) is 0 Å². The summed E-state index contributed by atoms with van der Waals surface area (Å²) >= 11 is 0. The van der Waals surface area contributed by atoms with E-state index in [1.54, 1.807) is 13.8 Å². The Labute approximate surface area is 92.6 Å². The second-order valence-corrected chi connectivity index (χ2v) is 4.00. The van der Waals surface area contributed by atoms with Crippen LogP contribution in [0.5, 0.6) is 0 Å². The maximum absolute atomic E-state index is 12.2. The molecule has 0 saturated heterocycles. The van der Waals surface area contributed by atoms with Crippen LogP contribution in [0.3, 0.4) is 0 Å². The molecule has 2 atom stereocenters. The molecule has 16 heavy (non-hydrogen) atoms. The van der Waals surface area contributed by atoms with Gasteiger partial charge in [-0.1, -0.05) is 13.8 Å². The van der Waals surface area contributed by atoms with E-state index < -0.39 is 30.8 Å². The SMILES string of the molecule is CCC(C)C(=O)OCCC(C)(O)C(F)(F)F. The summed E-state index contributed by atoms with van der Waals surface area (Å²) in [7, 11) is 0. The van der Waals surface area contributed by atoms with Crippen molar-refractivity contribution >= 4 is 5.97 Å². The van der Waals surface area contributed by atoms with E-state index >= 15 is 0 Å². The van der Waals surface area contributed by atoms with Crippen LogP contribution in [0, 0.1) is 5.92 Å². The minimum atomic E-state index is -4.71. The Kier molecular flexibility index (Phi) is 5.25. The van der Waals surface area contributed by atoms with Crippen molar-refractivity contribution in [3.63, 3.8) is 0 Å². The molecule has 0 rings (SSSR count). The lowest BCUT2D eigenvalue weighted by Gasteiger charge is -2.26. The molecule has 0 aliphatic heterocycles. The summed E-state index contributed by atoms with van der Waals surface area (Å²) in [5, 5.41) is 9.04. The highest BCUT2D eigenvalue weighted by atomic mass is 19.4. The van der Waals surface area contributed by atoms with E-state index in [4.69, 9.17) is 5.11 Å². The van der Waals surface area contributed by atoms with Crippen LogP contribution < -0.4 is 0 Å². The molecule has 0 spiro atoms. The average molecular weight is 242 g/mol. The zero-order valence-electron chi connectivity index (χ0n) is 9.60. The van der Waals surface area contributed by atoms with Gasteiger partial charge in [0.15, 0.2) is 5.60 Å². The normalized spacial score (nSPS) is 17.7. The lowest BCUT2D eigenvalue weighted by molar-refractivity contribution is -0.257. The zero-order valence-corrected chi connectivity index (χ0v) is 9.60. The summed E-state index contributed by atoms with van der Waals surface area (Å²) in [5.41, 5.74) is -2.82. The summed E-state index contributed by atoms with van der Waals surface area (Å²) in [4.78, 5) is 11.1. The van der Waals surface area contributed by atoms with E-state index in [-0.39, 0.29) is 5.92 Å². The van der Waals surface area contributed by atoms with Gasteiger partial charge in [0.25, 0.3) is 0 Å². The zero-order chi connectivity index (χ0) is 13.0. The number of hydrogen-bond donors (Lipinski definition) is 1. The van der Waals surface area contributed by atoms with Crippen molar-refractivity contribution in [3.05, 3.63) is 0 Å². The molecule has 0 radical (unpaired) electrons. The Bertz CT molecular complexity index is 236. The average Bonchev–Trinajstić information content (AvgIpc) is 2.14. The minimum absolute atomic E-state index is 0.337. The van der Waals surface area contributed by atoms with Crippen LogP contribution in [0.15, 0.2) is 0 Å². The van der Waals surface area contributed by atoms with Gasteiger partial charge >= 0.3 is 12.1 Å². The molecular formula is C10H17F3O3. The molecular weight excluding hydrogens is 225 g/mol. The van der Waals surface area contributed by atoms with Crippen LogP contribution in [0.1, 0.15) is 33.6 Å². The van der Waals surface area contributed by atoms with Crippen molar-refractivity contribution in [2.45, 2.75) is 45.4 Å². The maximum atomic E-state index is 12.2. The standard InChI is InChI=1S/C10H17F3O3/c1-4-7(2)8(14)16-6-5-9(3,15)10(11,12)13/h7,15H,4-6H2,1-3H3. The number of esters is 1. The summed E-state index contributed by atoms with van der Waals surface area (Å²) in [6, 6.07) is 0. The second-order valence-electron chi connectivity index (χ2n) is 4.00. The van der Waals surface area contributed by atoms with E-state index in [9.17, 15) is 18.0 Å². The van der Waals surface area contributed by atoms with Gasteiger partial charge in [-0.15, -0.1) is 0 Å². The lowest BCUT2D eigenvalue weighted by Crippen LogP contribution is -2.43. The van der Waals surface area contributed by atoms with Gasteiger partial charge in [0.1, 0.15) is 0 Å². The number of aliphatic hydroxyl groups is 1. The van der Waals surface area contributed by atoms with Crippen LogP contribution in [0.2, 0.25) is 0 Å². The van der Waals surface area contributed by atoms with E-state index in [2.05, 4.69) is 4.74 Å². The molecule has 6 heteroatoms. The molecule has 0 saturated carbocycles. The third-order valence-electron chi connectivity index (χ3n) is 2.46. The Morgan fingerprint density at radius 1 is 1.44 bits per heavy atom. The summed E-state index contributed by atoms with van der Waals surface area (Å²) < 4.78 is 41.2. The van der Waals surface area contributed by atoms with E-state index in [1.807, 2.05) is 0 Å². The number of halogens is 3. The molecule has 2 unspecified atom stereocenters. The number of alkyl halides is 3. The van der Waals surface area contributed by atoms with Crippen LogP contribution in [0.25, 0.3) is 0 Å². The molecule has 0 aliphatic carbocycles. The summed E-state index contributed by atoms with van der Waals surface area (Å²) in [6.07, 6.45) is -4.80. The monoisotopic (exact) mass is 242 g/mol. The van der Waals surface area contributed by atoms with Crippen molar-refractivity contribution in [3.8, 4) is 0 Å². The van der Waals surface area contributed by atoms with Crippen LogP contribution in [0.4, 0.5) is 13.2 Å².